The van der Waals surface area contributed by atoms with E-state index in [1.165, 1.54) is 6.07 Å². The molecule has 2 N–H and O–H groups in total. The Morgan fingerprint density at radius 3 is 2.90 bits per heavy atom. The number of hydrogen-bond donors (Lipinski definition) is 2. The molecule has 0 unspecified atom stereocenters. The molecule has 0 bridgehead atoms. The van der Waals surface area contributed by atoms with Gasteiger partial charge in [-0.05, 0) is 24.6 Å². The van der Waals surface area contributed by atoms with E-state index < -0.39 is 0 Å². The summed E-state index contributed by atoms with van der Waals surface area (Å²) in [6, 6.07) is 9.32. The van der Waals surface area contributed by atoms with Crippen LogP contribution in [-0.4, -0.2) is 16.6 Å². The molecule has 0 saturated carbocycles. The fraction of sp³-hybridized carbons (Fsp3) is 0.333. The van der Waals surface area contributed by atoms with E-state index in [4.69, 9.17) is 4.74 Å². The molecule has 5 nitrogen and oxygen atoms in total. The minimum atomic E-state index is -0.137. The highest BCUT2D eigenvalue weighted by atomic mass is 16.5. The SMILES string of the molecule is CCOc1cccc(CNc2cc(=O)[nH]c(CC)n2)c1. The van der Waals surface area contributed by atoms with Crippen molar-refractivity contribution >= 4 is 5.82 Å². The van der Waals surface area contributed by atoms with Crippen LogP contribution in [0.1, 0.15) is 25.2 Å². The molecule has 2 rings (SSSR count). The number of nitrogens with zero attached hydrogens (tertiary/aromatic N) is 1. The molecule has 1 aromatic heterocycles. The third kappa shape index (κ3) is 3.85. The van der Waals surface area contributed by atoms with Gasteiger partial charge in [-0.3, -0.25) is 4.79 Å². The van der Waals surface area contributed by atoms with Crippen LogP contribution in [0.2, 0.25) is 0 Å². The molecule has 0 aliphatic carbocycles. The van der Waals surface area contributed by atoms with E-state index >= 15 is 0 Å². The van der Waals surface area contributed by atoms with Gasteiger partial charge in [0.15, 0.2) is 0 Å². The first-order chi connectivity index (χ1) is 9.71. The van der Waals surface area contributed by atoms with Crippen LogP contribution in [0.15, 0.2) is 35.1 Å². The van der Waals surface area contributed by atoms with Crippen LogP contribution in [-0.2, 0) is 13.0 Å². The van der Waals surface area contributed by atoms with Gasteiger partial charge < -0.3 is 15.0 Å². The van der Waals surface area contributed by atoms with Crippen LogP contribution >= 0.6 is 0 Å². The van der Waals surface area contributed by atoms with E-state index in [0.29, 0.717) is 31.2 Å². The highest BCUT2D eigenvalue weighted by Gasteiger charge is 2.01. The van der Waals surface area contributed by atoms with Crippen molar-refractivity contribution in [2.75, 3.05) is 11.9 Å². The standard InChI is InChI=1S/C15H19N3O2/c1-3-13-17-14(9-15(19)18-13)16-10-11-6-5-7-12(8-11)20-4-2/h5-9H,3-4,10H2,1-2H3,(H2,16,17,18,19). The highest BCUT2D eigenvalue weighted by molar-refractivity contribution is 5.36. The van der Waals surface area contributed by atoms with Gasteiger partial charge in [0, 0.05) is 19.0 Å². The van der Waals surface area contributed by atoms with Gasteiger partial charge in [-0.25, -0.2) is 4.98 Å². The minimum absolute atomic E-state index is 0.137. The fourth-order valence-electron chi connectivity index (χ4n) is 1.87. The Bertz CT molecular complexity index is 623. The Morgan fingerprint density at radius 1 is 1.30 bits per heavy atom. The van der Waals surface area contributed by atoms with Crippen molar-refractivity contribution in [3.63, 3.8) is 0 Å². The molecule has 20 heavy (non-hydrogen) atoms. The maximum atomic E-state index is 11.5. The highest BCUT2D eigenvalue weighted by Crippen LogP contribution is 2.14. The Morgan fingerprint density at radius 2 is 2.15 bits per heavy atom. The summed E-state index contributed by atoms with van der Waals surface area (Å²) in [6.07, 6.45) is 0.699. The van der Waals surface area contributed by atoms with Gasteiger partial charge in [-0.1, -0.05) is 19.1 Å². The van der Waals surface area contributed by atoms with Gasteiger partial charge in [-0.15, -0.1) is 0 Å². The smallest absolute Gasteiger partial charge is 0.252 e. The third-order valence-corrected chi connectivity index (χ3v) is 2.81. The molecule has 0 saturated heterocycles. The van der Waals surface area contributed by atoms with Gasteiger partial charge in [0.25, 0.3) is 5.56 Å². The fourth-order valence-corrected chi connectivity index (χ4v) is 1.87. The summed E-state index contributed by atoms with van der Waals surface area (Å²) in [5.74, 6) is 2.12. The topological polar surface area (TPSA) is 67.0 Å². The van der Waals surface area contributed by atoms with E-state index in [9.17, 15) is 4.79 Å². The molecule has 0 fully saturated rings. The van der Waals surface area contributed by atoms with Gasteiger partial charge in [0.1, 0.15) is 17.4 Å². The molecule has 1 aromatic carbocycles. The summed E-state index contributed by atoms with van der Waals surface area (Å²) in [7, 11) is 0. The Hall–Kier alpha value is -2.30. The van der Waals surface area contributed by atoms with Crippen molar-refractivity contribution < 1.29 is 4.74 Å². The summed E-state index contributed by atoms with van der Waals surface area (Å²) in [5, 5.41) is 3.16. The monoisotopic (exact) mass is 273 g/mol. The number of rotatable bonds is 6. The first-order valence-electron chi connectivity index (χ1n) is 6.77. The molecule has 106 valence electrons. The van der Waals surface area contributed by atoms with Crippen LogP contribution in [0, 0.1) is 0 Å². The molecule has 0 atom stereocenters. The molecular weight excluding hydrogens is 254 g/mol. The van der Waals surface area contributed by atoms with Crippen LogP contribution in [0.4, 0.5) is 5.82 Å². The molecule has 2 aromatic rings. The summed E-state index contributed by atoms with van der Waals surface area (Å²) in [4.78, 5) is 18.5. The molecule has 5 heteroatoms. The van der Waals surface area contributed by atoms with Gasteiger partial charge in [-0.2, -0.15) is 0 Å². The first kappa shape index (κ1) is 14.1. The Labute approximate surface area is 118 Å². The van der Waals surface area contributed by atoms with Gasteiger partial charge >= 0.3 is 0 Å². The molecule has 0 radical (unpaired) electrons. The number of H-pyrrole nitrogens is 1. The zero-order valence-corrected chi connectivity index (χ0v) is 11.8. The quantitative estimate of drug-likeness (QED) is 0.847. The molecular formula is C15H19N3O2. The second-order valence-electron chi connectivity index (χ2n) is 4.36. The van der Waals surface area contributed by atoms with Crippen molar-refractivity contribution in [1.82, 2.24) is 9.97 Å². The van der Waals surface area contributed by atoms with Crippen LogP contribution < -0.4 is 15.6 Å². The Balaban J connectivity index is 2.06. The number of benzene rings is 1. The maximum absolute atomic E-state index is 11.5. The number of aromatic amines is 1. The number of aryl methyl sites for hydroxylation is 1. The van der Waals surface area contributed by atoms with E-state index in [1.54, 1.807) is 0 Å². The predicted molar refractivity (Wildman–Crippen MR) is 79.2 cm³/mol. The predicted octanol–water partition coefficient (Wildman–Crippen LogP) is 2.34. The first-order valence-corrected chi connectivity index (χ1v) is 6.77. The zero-order chi connectivity index (χ0) is 14.4. The van der Waals surface area contributed by atoms with Crippen molar-refractivity contribution in [3.05, 3.63) is 52.1 Å². The lowest BCUT2D eigenvalue weighted by molar-refractivity contribution is 0.340. The summed E-state index contributed by atoms with van der Waals surface area (Å²) < 4.78 is 5.46. The average Bonchev–Trinajstić information content (AvgIpc) is 2.45. The van der Waals surface area contributed by atoms with Gasteiger partial charge in [0.2, 0.25) is 0 Å². The molecule has 0 spiro atoms. The van der Waals surface area contributed by atoms with E-state index in [1.807, 2.05) is 38.1 Å². The largest absolute Gasteiger partial charge is 0.494 e. The summed E-state index contributed by atoms with van der Waals surface area (Å²) in [6.45, 7) is 5.15. The Kier molecular flexibility index (Phi) is 4.76. The van der Waals surface area contributed by atoms with E-state index in [2.05, 4.69) is 15.3 Å². The lowest BCUT2D eigenvalue weighted by Gasteiger charge is -2.08. The van der Waals surface area contributed by atoms with Crippen LogP contribution in [0.5, 0.6) is 5.75 Å². The molecule has 1 heterocycles. The number of nitrogens with one attached hydrogen (secondary N) is 2. The normalized spacial score (nSPS) is 10.3. The molecule has 0 amide bonds. The molecule has 0 aliphatic heterocycles. The number of ether oxygens (including phenoxy) is 1. The van der Waals surface area contributed by atoms with Crippen molar-refractivity contribution in [2.24, 2.45) is 0 Å². The van der Waals surface area contributed by atoms with Gasteiger partial charge in [0.05, 0.1) is 6.61 Å². The van der Waals surface area contributed by atoms with E-state index in [-0.39, 0.29) is 5.56 Å². The van der Waals surface area contributed by atoms with Crippen molar-refractivity contribution in [1.29, 1.82) is 0 Å². The zero-order valence-electron chi connectivity index (χ0n) is 11.8. The second kappa shape index (κ2) is 6.75. The number of anilines is 1. The van der Waals surface area contributed by atoms with Crippen molar-refractivity contribution in [3.8, 4) is 5.75 Å². The number of hydrogen-bond acceptors (Lipinski definition) is 4. The van der Waals surface area contributed by atoms with Crippen LogP contribution in [0.25, 0.3) is 0 Å². The summed E-state index contributed by atoms with van der Waals surface area (Å²) in [5.41, 5.74) is 0.943. The number of aromatic nitrogens is 2. The maximum Gasteiger partial charge on any atom is 0.252 e. The van der Waals surface area contributed by atoms with Crippen LogP contribution in [0.3, 0.4) is 0 Å². The molecule has 0 aliphatic rings. The third-order valence-electron chi connectivity index (χ3n) is 2.81. The lowest BCUT2D eigenvalue weighted by atomic mass is 10.2. The minimum Gasteiger partial charge on any atom is -0.494 e. The second-order valence-corrected chi connectivity index (χ2v) is 4.36. The van der Waals surface area contributed by atoms with Crippen molar-refractivity contribution in [2.45, 2.75) is 26.8 Å². The summed E-state index contributed by atoms with van der Waals surface area (Å²) >= 11 is 0. The lowest BCUT2D eigenvalue weighted by Crippen LogP contribution is -2.13. The average molecular weight is 273 g/mol. The van der Waals surface area contributed by atoms with E-state index in [0.717, 1.165) is 11.3 Å².